The molecule has 234 valence electrons. The number of hydrogen-bond donors (Lipinski definition) is 3. The molecule has 0 unspecified atom stereocenters. The standard InChI is InChI=1S/C35H32ClN5O4S/c1-4-44-32-17-24(8-16-31(32)45-20-33(42)38-28-15-7-23(3)29(36)18-28)19-37-41-34(43)26-11-9-25(10-12-26)30-21-46-35(40-30)39-27-13-5-22(2)6-14-27/h5-19,21H,4,20H2,1-3H3,(H,38,42)(H,39,40)(H,41,43)/b37-19+. The average Bonchev–Trinajstić information content (AvgIpc) is 3.52. The lowest BCUT2D eigenvalue weighted by molar-refractivity contribution is -0.118. The minimum atomic E-state index is -0.353. The molecule has 11 heteroatoms. The Balaban J connectivity index is 1.14. The molecule has 0 aliphatic carbocycles. The number of thiazole rings is 1. The predicted molar refractivity (Wildman–Crippen MR) is 185 cm³/mol. The number of ether oxygens (including phenoxy) is 2. The van der Waals surface area contributed by atoms with E-state index >= 15 is 0 Å². The highest BCUT2D eigenvalue weighted by atomic mass is 35.5. The molecule has 0 bridgehead atoms. The molecule has 9 nitrogen and oxygen atoms in total. The fourth-order valence-corrected chi connectivity index (χ4v) is 5.17. The van der Waals surface area contributed by atoms with Gasteiger partial charge >= 0.3 is 0 Å². The van der Waals surface area contributed by atoms with Crippen LogP contribution in [0.15, 0.2) is 95.4 Å². The zero-order chi connectivity index (χ0) is 32.5. The summed E-state index contributed by atoms with van der Waals surface area (Å²) < 4.78 is 11.4. The third-order valence-corrected chi connectivity index (χ3v) is 7.88. The highest BCUT2D eigenvalue weighted by molar-refractivity contribution is 7.14. The molecule has 0 spiro atoms. The van der Waals surface area contributed by atoms with Gasteiger partial charge in [0.1, 0.15) is 0 Å². The van der Waals surface area contributed by atoms with Gasteiger partial charge in [-0.15, -0.1) is 11.3 Å². The van der Waals surface area contributed by atoms with Gasteiger partial charge in [-0.3, -0.25) is 9.59 Å². The SMILES string of the molecule is CCOc1cc(/C=N/NC(=O)c2ccc(-c3csc(Nc4ccc(C)cc4)n3)cc2)ccc1OCC(=O)Nc1ccc(C)c(Cl)c1. The molecule has 0 aliphatic rings. The number of rotatable bonds is 12. The van der Waals surface area contributed by atoms with Gasteiger partial charge in [0.2, 0.25) is 0 Å². The van der Waals surface area contributed by atoms with E-state index in [1.165, 1.54) is 23.1 Å². The van der Waals surface area contributed by atoms with Crippen molar-refractivity contribution in [1.29, 1.82) is 0 Å². The van der Waals surface area contributed by atoms with Crippen molar-refractivity contribution < 1.29 is 19.1 Å². The summed E-state index contributed by atoms with van der Waals surface area (Å²) in [6, 6.07) is 25.7. The van der Waals surface area contributed by atoms with E-state index in [1.807, 2.05) is 68.6 Å². The number of hydrazone groups is 1. The molecule has 5 aromatic rings. The maximum atomic E-state index is 12.7. The lowest BCUT2D eigenvalue weighted by atomic mass is 10.1. The van der Waals surface area contributed by atoms with Gasteiger partial charge in [-0.05, 0) is 86.5 Å². The number of aromatic nitrogens is 1. The number of hydrogen-bond acceptors (Lipinski definition) is 8. The van der Waals surface area contributed by atoms with Gasteiger partial charge in [0.25, 0.3) is 11.8 Å². The Hall–Kier alpha value is -5.19. The summed E-state index contributed by atoms with van der Waals surface area (Å²) in [5.74, 6) is 0.154. The predicted octanol–water partition coefficient (Wildman–Crippen LogP) is 8.00. The number of carbonyl (C=O) groups is 2. The molecular weight excluding hydrogens is 622 g/mol. The fraction of sp³-hybridized carbons (Fsp3) is 0.143. The van der Waals surface area contributed by atoms with Crippen LogP contribution in [0.3, 0.4) is 0 Å². The summed E-state index contributed by atoms with van der Waals surface area (Å²) in [6.07, 6.45) is 1.50. The monoisotopic (exact) mass is 653 g/mol. The molecule has 4 aromatic carbocycles. The van der Waals surface area contributed by atoms with Crippen LogP contribution in [0.5, 0.6) is 11.5 Å². The maximum absolute atomic E-state index is 12.7. The Bertz CT molecular complexity index is 1860. The summed E-state index contributed by atoms with van der Waals surface area (Å²) in [5.41, 5.74) is 9.07. The van der Waals surface area contributed by atoms with Crippen molar-refractivity contribution in [2.45, 2.75) is 20.8 Å². The van der Waals surface area contributed by atoms with E-state index in [-0.39, 0.29) is 18.4 Å². The van der Waals surface area contributed by atoms with Crippen LogP contribution < -0.4 is 25.5 Å². The van der Waals surface area contributed by atoms with E-state index in [0.29, 0.717) is 39.9 Å². The summed E-state index contributed by atoms with van der Waals surface area (Å²) in [4.78, 5) is 29.8. The van der Waals surface area contributed by atoms with Gasteiger partial charge in [0, 0.05) is 32.9 Å². The van der Waals surface area contributed by atoms with Crippen molar-refractivity contribution in [3.8, 4) is 22.8 Å². The topological polar surface area (TPSA) is 114 Å². The molecular formula is C35H32ClN5O4S. The van der Waals surface area contributed by atoms with Gasteiger partial charge in [0.15, 0.2) is 23.2 Å². The third-order valence-electron chi connectivity index (χ3n) is 6.71. The minimum absolute atomic E-state index is 0.220. The van der Waals surface area contributed by atoms with Crippen molar-refractivity contribution in [1.82, 2.24) is 10.4 Å². The van der Waals surface area contributed by atoms with E-state index in [4.69, 9.17) is 21.1 Å². The molecule has 0 radical (unpaired) electrons. The van der Waals surface area contributed by atoms with Gasteiger partial charge in [-0.25, -0.2) is 10.4 Å². The first-order valence-corrected chi connectivity index (χ1v) is 15.7. The number of amides is 2. The van der Waals surface area contributed by atoms with E-state index in [2.05, 4.69) is 26.1 Å². The first-order chi connectivity index (χ1) is 22.3. The first-order valence-electron chi connectivity index (χ1n) is 14.5. The summed E-state index contributed by atoms with van der Waals surface area (Å²) in [6.45, 7) is 5.95. The Kier molecular flexibility index (Phi) is 10.6. The highest BCUT2D eigenvalue weighted by Gasteiger charge is 2.11. The van der Waals surface area contributed by atoms with Crippen LogP contribution in [0.2, 0.25) is 5.02 Å². The number of nitrogens with one attached hydrogen (secondary N) is 3. The molecule has 2 amide bonds. The Morgan fingerprint density at radius 2 is 1.67 bits per heavy atom. The highest BCUT2D eigenvalue weighted by Crippen LogP contribution is 2.29. The van der Waals surface area contributed by atoms with Crippen LogP contribution in [-0.2, 0) is 4.79 Å². The summed E-state index contributed by atoms with van der Waals surface area (Å²) in [5, 5.41) is 13.5. The Morgan fingerprint density at radius 3 is 2.41 bits per heavy atom. The van der Waals surface area contributed by atoms with Gasteiger partial charge in [-0.2, -0.15) is 5.10 Å². The number of nitrogens with zero attached hydrogens (tertiary/aromatic N) is 2. The van der Waals surface area contributed by atoms with E-state index < -0.39 is 0 Å². The minimum Gasteiger partial charge on any atom is -0.490 e. The normalized spacial score (nSPS) is 10.9. The van der Waals surface area contributed by atoms with E-state index in [0.717, 1.165) is 27.6 Å². The average molecular weight is 654 g/mol. The molecule has 5 rings (SSSR count). The largest absolute Gasteiger partial charge is 0.490 e. The van der Waals surface area contributed by atoms with E-state index in [9.17, 15) is 9.59 Å². The van der Waals surface area contributed by atoms with Gasteiger partial charge in [0.05, 0.1) is 18.5 Å². The second-order valence-electron chi connectivity index (χ2n) is 10.2. The van der Waals surface area contributed by atoms with Crippen molar-refractivity contribution in [2.75, 3.05) is 23.8 Å². The summed E-state index contributed by atoms with van der Waals surface area (Å²) in [7, 11) is 0. The van der Waals surface area contributed by atoms with Crippen molar-refractivity contribution in [3.63, 3.8) is 0 Å². The zero-order valence-electron chi connectivity index (χ0n) is 25.5. The molecule has 0 fully saturated rings. The fourth-order valence-electron chi connectivity index (χ4n) is 4.25. The maximum Gasteiger partial charge on any atom is 0.271 e. The van der Waals surface area contributed by atoms with E-state index in [1.54, 1.807) is 42.5 Å². The first kappa shape index (κ1) is 32.2. The third kappa shape index (κ3) is 8.71. The summed E-state index contributed by atoms with van der Waals surface area (Å²) >= 11 is 7.65. The molecule has 0 saturated carbocycles. The lowest BCUT2D eigenvalue weighted by Crippen LogP contribution is -2.20. The van der Waals surface area contributed by atoms with Crippen molar-refractivity contribution in [2.24, 2.45) is 5.10 Å². The molecule has 0 saturated heterocycles. The number of anilines is 3. The molecule has 46 heavy (non-hydrogen) atoms. The molecule has 0 atom stereocenters. The van der Waals surface area contributed by atoms with Crippen LogP contribution >= 0.6 is 22.9 Å². The number of aryl methyl sites for hydroxylation is 2. The van der Waals surface area contributed by atoms with Crippen LogP contribution in [0.1, 0.15) is 34.0 Å². The molecule has 1 aromatic heterocycles. The van der Waals surface area contributed by atoms with Crippen molar-refractivity contribution in [3.05, 3.63) is 118 Å². The zero-order valence-corrected chi connectivity index (χ0v) is 27.0. The smallest absolute Gasteiger partial charge is 0.271 e. The number of carbonyl (C=O) groups excluding carboxylic acids is 2. The second-order valence-corrected chi connectivity index (χ2v) is 11.5. The molecule has 1 heterocycles. The Morgan fingerprint density at radius 1 is 0.913 bits per heavy atom. The molecule has 0 aliphatic heterocycles. The van der Waals surface area contributed by atoms with Crippen LogP contribution in [0, 0.1) is 13.8 Å². The van der Waals surface area contributed by atoms with Gasteiger partial charge in [-0.1, -0.05) is 47.5 Å². The molecule has 3 N–H and O–H groups in total. The number of benzene rings is 4. The van der Waals surface area contributed by atoms with Crippen molar-refractivity contribution >= 4 is 57.5 Å². The van der Waals surface area contributed by atoms with Crippen LogP contribution in [0.4, 0.5) is 16.5 Å². The Labute approximate surface area is 276 Å². The van der Waals surface area contributed by atoms with Crippen LogP contribution in [0.25, 0.3) is 11.3 Å². The lowest BCUT2D eigenvalue weighted by Gasteiger charge is -2.13. The quantitative estimate of drug-likeness (QED) is 0.0929. The number of halogens is 1. The van der Waals surface area contributed by atoms with Crippen LogP contribution in [-0.4, -0.2) is 36.2 Å². The van der Waals surface area contributed by atoms with Gasteiger partial charge < -0.3 is 20.1 Å². The second kappa shape index (κ2) is 15.2.